The standard InChI is InChI=1S/C15H22O/c1-2-16-12-13-8-10-15(11-9-13)14-6-4-3-5-7-14/h8-11,14H,2-7,12H2,1H3. The largest absolute Gasteiger partial charge is 0.377 e. The third-order valence-electron chi connectivity index (χ3n) is 3.53. The molecule has 0 amide bonds. The van der Waals surface area contributed by atoms with Crippen LogP contribution in [0.1, 0.15) is 56.1 Å². The monoisotopic (exact) mass is 218 g/mol. The summed E-state index contributed by atoms with van der Waals surface area (Å²) in [5.41, 5.74) is 2.82. The van der Waals surface area contributed by atoms with Crippen LogP contribution in [-0.2, 0) is 11.3 Å². The van der Waals surface area contributed by atoms with E-state index in [0.717, 1.165) is 19.1 Å². The van der Waals surface area contributed by atoms with Gasteiger partial charge < -0.3 is 4.74 Å². The van der Waals surface area contributed by atoms with E-state index in [4.69, 9.17) is 4.74 Å². The maximum atomic E-state index is 5.40. The molecule has 2 rings (SSSR count). The topological polar surface area (TPSA) is 9.23 Å². The molecule has 0 aromatic heterocycles. The molecule has 0 unspecified atom stereocenters. The van der Waals surface area contributed by atoms with Crippen LogP contribution in [0.15, 0.2) is 24.3 Å². The van der Waals surface area contributed by atoms with E-state index in [1.165, 1.54) is 43.2 Å². The number of hydrogen-bond donors (Lipinski definition) is 0. The third-order valence-corrected chi connectivity index (χ3v) is 3.53. The molecular weight excluding hydrogens is 196 g/mol. The fourth-order valence-electron chi connectivity index (χ4n) is 2.54. The summed E-state index contributed by atoms with van der Waals surface area (Å²) in [5, 5.41) is 0. The van der Waals surface area contributed by atoms with Crippen molar-refractivity contribution < 1.29 is 4.74 Å². The van der Waals surface area contributed by atoms with Crippen LogP contribution in [0.4, 0.5) is 0 Å². The normalized spacial score (nSPS) is 17.6. The molecule has 1 fully saturated rings. The molecule has 0 radical (unpaired) electrons. The van der Waals surface area contributed by atoms with Gasteiger partial charge in [0.2, 0.25) is 0 Å². The predicted molar refractivity (Wildman–Crippen MR) is 67.6 cm³/mol. The van der Waals surface area contributed by atoms with Crippen LogP contribution in [0.3, 0.4) is 0 Å². The number of ether oxygens (including phenoxy) is 1. The zero-order valence-corrected chi connectivity index (χ0v) is 10.2. The molecule has 1 heteroatoms. The van der Waals surface area contributed by atoms with Crippen LogP contribution in [0.25, 0.3) is 0 Å². The number of benzene rings is 1. The second-order valence-corrected chi connectivity index (χ2v) is 4.71. The lowest BCUT2D eigenvalue weighted by Gasteiger charge is -2.22. The van der Waals surface area contributed by atoms with E-state index in [1.54, 1.807) is 0 Å². The number of rotatable bonds is 4. The average Bonchev–Trinajstić information content (AvgIpc) is 2.38. The summed E-state index contributed by atoms with van der Waals surface area (Å²) in [7, 11) is 0. The minimum Gasteiger partial charge on any atom is -0.377 e. The molecule has 0 saturated heterocycles. The lowest BCUT2D eigenvalue weighted by molar-refractivity contribution is 0.134. The first kappa shape index (κ1) is 11.7. The van der Waals surface area contributed by atoms with Crippen LogP contribution in [0.5, 0.6) is 0 Å². The molecule has 16 heavy (non-hydrogen) atoms. The minimum atomic E-state index is 0.751. The fourth-order valence-corrected chi connectivity index (χ4v) is 2.54. The van der Waals surface area contributed by atoms with Gasteiger partial charge in [-0.25, -0.2) is 0 Å². The van der Waals surface area contributed by atoms with Gasteiger partial charge in [-0.05, 0) is 36.8 Å². The number of hydrogen-bond acceptors (Lipinski definition) is 1. The summed E-state index contributed by atoms with van der Waals surface area (Å²) in [5.74, 6) is 0.815. The van der Waals surface area contributed by atoms with Crippen molar-refractivity contribution in [3.63, 3.8) is 0 Å². The van der Waals surface area contributed by atoms with Crippen LogP contribution in [0, 0.1) is 0 Å². The molecular formula is C15H22O. The first-order valence-electron chi connectivity index (χ1n) is 6.56. The van der Waals surface area contributed by atoms with Crippen molar-refractivity contribution in [3.8, 4) is 0 Å². The van der Waals surface area contributed by atoms with Gasteiger partial charge in [0.15, 0.2) is 0 Å². The Morgan fingerprint density at radius 1 is 1.06 bits per heavy atom. The van der Waals surface area contributed by atoms with E-state index < -0.39 is 0 Å². The van der Waals surface area contributed by atoms with Crippen molar-refractivity contribution >= 4 is 0 Å². The summed E-state index contributed by atoms with van der Waals surface area (Å²) in [4.78, 5) is 0. The van der Waals surface area contributed by atoms with Crippen molar-refractivity contribution in [1.82, 2.24) is 0 Å². The summed E-state index contributed by atoms with van der Waals surface area (Å²) in [6, 6.07) is 9.04. The summed E-state index contributed by atoms with van der Waals surface area (Å²) in [6.07, 6.45) is 7.01. The van der Waals surface area contributed by atoms with E-state index >= 15 is 0 Å². The molecule has 0 atom stereocenters. The zero-order valence-electron chi connectivity index (χ0n) is 10.2. The molecule has 1 aromatic carbocycles. The van der Waals surface area contributed by atoms with Crippen molar-refractivity contribution in [2.75, 3.05) is 6.61 Å². The molecule has 1 nitrogen and oxygen atoms in total. The molecule has 1 aliphatic rings. The first-order valence-corrected chi connectivity index (χ1v) is 6.56. The van der Waals surface area contributed by atoms with Crippen LogP contribution >= 0.6 is 0 Å². The maximum Gasteiger partial charge on any atom is 0.0716 e. The molecule has 1 saturated carbocycles. The Morgan fingerprint density at radius 3 is 2.38 bits per heavy atom. The van der Waals surface area contributed by atoms with Gasteiger partial charge in [-0.3, -0.25) is 0 Å². The predicted octanol–water partition coefficient (Wildman–Crippen LogP) is 4.27. The summed E-state index contributed by atoms with van der Waals surface area (Å²) >= 11 is 0. The van der Waals surface area contributed by atoms with Gasteiger partial charge in [-0.2, -0.15) is 0 Å². The van der Waals surface area contributed by atoms with Gasteiger partial charge >= 0.3 is 0 Å². The third kappa shape index (κ3) is 3.08. The lowest BCUT2D eigenvalue weighted by atomic mass is 9.84. The van der Waals surface area contributed by atoms with E-state index in [0.29, 0.717) is 0 Å². The highest BCUT2D eigenvalue weighted by Crippen LogP contribution is 2.32. The molecule has 1 aliphatic carbocycles. The van der Waals surface area contributed by atoms with Gasteiger partial charge in [0.05, 0.1) is 6.61 Å². The van der Waals surface area contributed by atoms with Crippen LogP contribution < -0.4 is 0 Å². The van der Waals surface area contributed by atoms with Gasteiger partial charge in [-0.1, -0.05) is 43.5 Å². The molecule has 0 aliphatic heterocycles. The van der Waals surface area contributed by atoms with Crippen molar-refractivity contribution in [2.45, 2.75) is 51.6 Å². The Kier molecular flexibility index (Phi) is 4.41. The summed E-state index contributed by atoms with van der Waals surface area (Å²) < 4.78 is 5.40. The quantitative estimate of drug-likeness (QED) is 0.733. The smallest absolute Gasteiger partial charge is 0.0716 e. The second kappa shape index (κ2) is 6.05. The first-order chi connectivity index (χ1) is 7.90. The molecule has 0 spiro atoms. The van der Waals surface area contributed by atoms with Crippen LogP contribution in [-0.4, -0.2) is 6.61 Å². The van der Waals surface area contributed by atoms with E-state index in [9.17, 15) is 0 Å². The Morgan fingerprint density at radius 2 is 1.75 bits per heavy atom. The van der Waals surface area contributed by atoms with E-state index in [2.05, 4.69) is 24.3 Å². The highest BCUT2D eigenvalue weighted by Gasteiger charge is 2.14. The lowest BCUT2D eigenvalue weighted by Crippen LogP contribution is -2.04. The highest BCUT2D eigenvalue weighted by atomic mass is 16.5. The Labute approximate surface area is 98.8 Å². The average molecular weight is 218 g/mol. The van der Waals surface area contributed by atoms with Gasteiger partial charge in [0, 0.05) is 6.61 Å². The Bertz CT molecular complexity index is 296. The highest BCUT2D eigenvalue weighted by molar-refractivity contribution is 5.25. The Hall–Kier alpha value is -0.820. The van der Waals surface area contributed by atoms with Gasteiger partial charge in [-0.15, -0.1) is 0 Å². The molecule has 88 valence electrons. The second-order valence-electron chi connectivity index (χ2n) is 4.71. The van der Waals surface area contributed by atoms with Gasteiger partial charge in [0.1, 0.15) is 0 Å². The minimum absolute atomic E-state index is 0.751. The van der Waals surface area contributed by atoms with Crippen LogP contribution in [0.2, 0.25) is 0 Å². The molecule has 0 bridgehead atoms. The van der Waals surface area contributed by atoms with Crippen molar-refractivity contribution in [1.29, 1.82) is 0 Å². The summed E-state index contributed by atoms with van der Waals surface area (Å²) in [6.45, 7) is 3.59. The molecule has 0 N–H and O–H groups in total. The van der Waals surface area contributed by atoms with E-state index in [1.807, 2.05) is 6.92 Å². The van der Waals surface area contributed by atoms with E-state index in [-0.39, 0.29) is 0 Å². The van der Waals surface area contributed by atoms with Crippen molar-refractivity contribution in [3.05, 3.63) is 35.4 Å². The fraction of sp³-hybridized carbons (Fsp3) is 0.600. The zero-order chi connectivity index (χ0) is 11.2. The molecule has 1 aromatic rings. The SMILES string of the molecule is CCOCc1ccc(C2CCCCC2)cc1. The Balaban J connectivity index is 1.95. The molecule has 0 heterocycles. The maximum absolute atomic E-state index is 5.40. The van der Waals surface area contributed by atoms with Gasteiger partial charge in [0.25, 0.3) is 0 Å². The van der Waals surface area contributed by atoms with Crippen molar-refractivity contribution in [2.24, 2.45) is 0 Å².